The molecule has 0 spiro atoms. The van der Waals surface area contributed by atoms with Gasteiger partial charge in [0.2, 0.25) is 5.91 Å². The van der Waals surface area contributed by atoms with Gasteiger partial charge < -0.3 is 20.4 Å². The third-order valence-corrected chi connectivity index (χ3v) is 6.12. The highest BCUT2D eigenvalue weighted by molar-refractivity contribution is 6.12. The van der Waals surface area contributed by atoms with E-state index in [0.717, 1.165) is 0 Å². The van der Waals surface area contributed by atoms with Gasteiger partial charge in [0.25, 0.3) is 18.2 Å². The van der Waals surface area contributed by atoms with Gasteiger partial charge in [-0.15, -0.1) is 0 Å². The molecule has 3 amide bonds. The van der Waals surface area contributed by atoms with E-state index in [-0.39, 0.29) is 17.0 Å². The van der Waals surface area contributed by atoms with Crippen molar-refractivity contribution in [1.29, 1.82) is 0 Å². The monoisotopic (exact) mass is 537 g/mol. The largest absolute Gasteiger partial charge is 0.455 e. The van der Waals surface area contributed by atoms with Gasteiger partial charge in [0.05, 0.1) is 12.1 Å². The smallest absolute Gasteiger partial charge is 0.255 e. The van der Waals surface area contributed by atoms with Crippen LogP contribution >= 0.6 is 0 Å². The minimum Gasteiger partial charge on any atom is -0.455 e. The number of nitrogens with one attached hydrogen (secondary N) is 3. The van der Waals surface area contributed by atoms with E-state index in [1.807, 2.05) is 0 Å². The highest BCUT2D eigenvalue weighted by atomic mass is 19.3. The fourth-order valence-electron chi connectivity index (χ4n) is 4.08. The van der Waals surface area contributed by atoms with Crippen LogP contribution in [0, 0.1) is 5.82 Å². The highest BCUT2D eigenvalue weighted by Crippen LogP contribution is 2.36. The number of amides is 3. The first-order valence-corrected chi connectivity index (χ1v) is 12.0. The summed E-state index contributed by atoms with van der Waals surface area (Å²) in [5, 5.41) is 7.81. The van der Waals surface area contributed by atoms with Gasteiger partial charge in [-0.3, -0.25) is 14.4 Å². The normalized spacial score (nSPS) is 11.5. The minimum atomic E-state index is -2.71. The molecule has 0 saturated carbocycles. The number of hydrogen-bond acceptors (Lipinski definition) is 4. The summed E-state index contributed by atoms with van der Waals surface area (Å²) in [5.41, 5.74) is 1.41. The molecule has 3 N–H and O–H groups in total. The van der Waals surface area contributed by atoms with Crippen molar-refractivity contribution in [2.24, 2.45) is 0 Å². The molecule has 0 aliphatic heterocycles. The lowest BCUT2D eigenvalue weighted by Crippen LogP contribution is -2.55. The van der Waals surface area contributed by atoms with Crippen molar-refractivity contribution in [3.63, 3.8) is 0 Å². The van der Waals surface area contributed by atoms with Crippen LogP contribution in [0.3, 0.4) is 0 Å². The molecule has 10 heteroatoms. The standard InChI is InChI=1S/C29H26F3N3O4/c1-29(2,28(38)34-15-23(31)32)35-26(36)19-6-4-5-17(13-19)18-9-12-22-21(14-18)24(27(37)33-3)25(39-22)16-7-10-20(30)11-8-16/h4-14,23H,15H2,1-3H3,(H,33,37)(H,34,38)(H,35,36). The van der Waals surface area contributed by atoms with E-state index in [9.17, 15) is 27.6 Å². The van der Waals surface area contributed by atoms with Crippen molar-refractivity contribution in [3.05, 3.63) is 83.7 Å². The Balaban J connectivity index is 1.67. The van der Waals surface area contributed by atoms with Gasteiger partial charge in [0.1, 0.15) is 22.7 Å². The fraction of sp³-hybridized carbons (Fsp3) is 0.207. The van der Waals surface area contributed by atoms with Crippen LogP contribution in [0.5, 0.6) is 0 Å². The molecular formula is C29H26F3N3O4. The summed E-state index contributed by atoms with van der Waals surface area (Å²) in [4.78, 5) is 38.0. The topological polar surface area (TPSA) is 100 Å². The highest BCUT2D eigenvalue weighted by Gasteiger charge is 2.30. The van der Waals surface area contributed by atoms with Crippen molar-refractivity contribution in [2.45, 2.75) is 25.8 Å². The van der Waals surface area contributed by atoms with E-state index in [1.165, 1.54) is 45.2 Å². The molecule has 4 rings (SSSR count). The van der Waals surface area contributed by atoms with Gasteiger partial charge in [0.15, 0.2) is 0 Å². The predicted octanol–water partition coefficient (Wildman–Crippen LogP) is 5.16. The second-order valence-electron chi connectivity index (χ2n) is 9.36. The first kappa shape index (κ1) is 27.4. The zero-order valence-corrected chi connectivity index (χ0v) is 21.4. The maximum Gasteiger partial charge on any atom is 0.255 e. The maximum absolute atomic E-state index is 13.5. The Kier molecular flexibility index (Phi) is 7.75. The molecule has 7 nitrogen and oxygen atoms in total. The molecule has 0 atom stereocenters. The van der Waals surface area contributed by atoms with Gasteiger partial charge in [-0.05, 0) is 73.5 Å². The molecule has 4 aromatic rings. The van der Waals surface area contributed by atoms with Crippen LogP contribution in [0.4, 0.5) is 13.2 Å². The minimum absolute atomic E-state index is 0.244. The molecule has 0 unspecified atom stereocenters. The zero-order chi connectivity index (χ0) is 28.3. The Morgan fingerprint density at radius 2 is 1.56 bits per heavy atom. The van der Waals surface area contributed by atoms with Crippen LogP contribution in [0.25, 0.3) is 33.4 Å². The average Bonchev–Trinajstić information content (AvgIpc) is 3.30. The summed E-state index contributed by atoms with van der Waals surface area (Å²) in [6.07, 6.45) is -2.71. The SMILES string of the molecule is CNC(=O)c1c(-c2ccc(F)cc2)oc2ccc(-c3cccc(C(=O)NC(C)(C)C(=O)NCC(F)F)c3)cc12. The molecule has 1 heterocycles. The van der Waals surface area contributed by atoms with Gasteiger partial charge in [-0.1, -0.05) is 18.2 Å². The van der Waals surface area contributed by atoms with Crippen LogP contribution in [-0.2, 0) is 4.79 Å². The van der Waals surface area contributed by atoms with Crippen molar-refractivity contribution in [1.82, 2.24) is 16.0 Å². The van der Waals surface area contributed by atoms with Crippen LogP contribution in [-0.4, -0.2) is 43.3 Å². The van der Waals surface area contributed by atoms with E-state index < -0.39 is 36.1 Å². The molecule has 3 aromatic carbocycles. The lowest BCUT2D eigenvalue weighted by molar-refractivity contribution is -0.126. The summed E-state index contributed by atoms with van der Waals surface area (Å²) in [5.74, 6) is -1.81. The molecule has 0 aliphatic carbocycles. The third-order valence-electron chi connectivity index (χ3n) is 6.12. The van der Waals surface area contributed by atoms with Gasteiger partial charge in [-0.2, -0.15) is 0 Å². The lowest BCUT2D eigenvalue weighted by Gasteiger charge is -2.25. The number of halogens is 3. The predicted molar refractivity (Wildman–Crippen MR) is 141 cm³/mol. The summed E-state index contributed by atoms with van der Waals surface area (Å²) in [6.45, 7) is 2.02. The Morgan fingerprint density at radius 1 is 0.897 bits per heavy atom. The Labute approximate surface area is 222 Å². The quantitative estimate of drug-likeness (QED) is 0.289. The molecule has 202 valence electrons. The Hall–Kier alpha value is -4.60. The molecule has 39 heavy (non-hydrogen) atoms. The lowest BCUT2D eigenvalue weighted by atomic mass is 9.98. The van der Waals surface area contributed by atoms with E-state index in [0.29, 0.717) is 33.4 Å². The molecular weight excluding hydrogens is 511 g/mol. The van der Waals surface area contributed by atoms with Crippen LogP contribution < -0.4 is 16.0 Å². The van der Waals surface area contributed by atoms with Crippen molar-refractivity contribution < 1.29 is 32.0 Å². The number of hydrogen-bond donors (Lipinski definition) is 3. The first-order valence-electron chi connectivity index (χ1n) is 12.0. The van der Waals surface area contributed by atoms with Crippen molar-refractivity contribution in [3.8, 4) is 22.5 Å². The number of rotatable bonds is 8. The molecule has 0 aliphatic rings. The average molecular weight is 538 g/mol. The number of alkyl halides is 2. The summed E-state index contributed by atoms with van der Waals surface area (Å²) in [6, 6.07) is 17.5. The summed E-state index contributed by atoms with van der Waals surface area (Å²) >= 11 is 0. The fourth-order valence-corrected chi connectivity index (χ4v) is 4.08. The summed E-state index contributed by atoms with van der Waals surface area (Å²) in [7, 11) is 1.50. The molecule has 1 aromatic heterocycles. The molecule has 0 fully saturated rings. The second kappa shape index (κ2) is 11.0. The number of furan rings is 1. The van der Waals surface area contributed by atoms with E-state index in [1.54, 1.807) is 42.5 Å². The van der Waals surface area contributed by atoms with Crippen LogP contribution in [0.2, 0.25) is 0 Å². The van der Waals surface area contributed by atoms with E-state index >= 15 is 0 Å². The number of carbonyl (C=O) groups excluding carboxylic acids is 3. The van der Waals surface area contributed by atoms with Crippen LogP contribution in [0.15, 0.2) is 71.1 Å². The van der Waals surface area contributed by atoms with Gasteiger partial charge in [0, 0.05) is 23.6 Å². The third kappa shape index (κ3) is 5.95. The maximum atomic E-state index is 13.5. The molecule has 0 radical (unpaired) electrons. The van der Waals surface area contributed by atoms with Gasteiger partial charge >= 0.3 is 0 Å². The first-order chi connectivity index (χ1) is 18.5. The summed E-state index contributed by atoms with van der Waals surface area (Å²) < 4.78 is 44.4. The molecule has 0 bridgehead atoms. The second-order valence-corrected chi connectivity index (χ2v) is 9.36. The zero-order valence-electron chi connectivity index (χ0n) is 21.4. The van der Waals surface area contributed by atoms with E-state index in [4.69, 9.17) is 4.42 Å². The van der Waals surface area contributed by atoms with E-state index in [2.05, 4.69) is 16.0 Å². The number of fused-ring (bicyclic) bond motifs is 1. The number of benzene rings is 3. The van der Waals surface area contributed by atoms with Crippen molar-refractivity contribution >= 4 is 28.7 Å². The van der Waals surface area contributed by atoms with Crippen LogP contribution in [0.1, 0.15) is 34.6 Å². The molecule has 0 saturated heterocycles. The number of carbonyl (C=O) groups is 3. The van der Waals surface area contributed by atoms with Crippen molar-refractivity contribution in [2.75, 3.05) is 13.6 Å². The Morgan fingerprint density at radius 3 is 2.23 bits per heavy atom. The van der Waals surface area contributed by atoms with Gasteiger partial charge in [-0.25, -0.2) is 13.2 Å². The Bertz CT molecular complexity index is 1550.